The van der Waals surface area contributed by atoms with Crippen LogP contribution in [0.3, 0.4) is 0 Å². The highest BCUT2D eigenvalue weighted by Gasteiger charge is 2.18. The average molecular weight is 298 g/mol. The van der Waals surface area contributed by atoms with Gasteiger partial charge >= 0.3 is 0 Å². The zero-order valence-electron chi connectivity index (χ0n) is 12.9. The summed E-state index contributed by atoms with van der Waals surface area (Å²) < 4.78 is 10.8. The number of nitrogens with zero attached hydrogens (tertiary/aromatic N) is 2. The number of amides is 1. The van der Waals surface area contributed by atoms with Gasteiger partial charge in [-0.2, -0.15) is 0 Å². The minimum Gasteiger partial charge on any atom is -0.495 e. The first-order valence-electron chi connectivity index (χ1n) is 6.17. The largest absolute Gasteiger partial charge is 0.495 e. The Bertz CT molecular complexity index is 450. The number of carbonyl (C=O) groups is 1. The first-order valence-corrected chi connectivity index (χ1v) is 6.99. The normalized spacial score (nSPS) is 10.6. The zero-order chi connectivity index (χ0) is 15.3. The first kappa shape index (κ1) is 16.7. The van der Waals surface area contributed by atoms with Crippen molar-refractivity contribution >= 4 is 17.0 Å². The number of rotatable bonds is 5. The highest BCUT2D eigenvalue weighted by atomic mass is 32.2. The predicted molar refractivity (Wildman–Crippen MR) is 81.9 cm³/mol. The van der Waals surface area contributed by atoms with Crippen LogP contribution in [-0.2, 0) is 6.54 Å². The Morgan fingerprint density at radius 2 is 1.60 bits per heavy atom. The molecule has 6 heteroatoms. The van der Waals surface area contributed by atoms with Crippen LogP contribution in [0.4, 0.5) is 4.79 Å². The lowest BCUT2D eigenvalue weighted by Crippen LogP contribution is -2.16. The van der Waals surface area contributed by atoms with Crippen molar-refractivity contribution in [2.75, 3.05) is 42.4 Å². The number of ether oxygens (including phenoxy) is 2. The summed E-state index contributed by atoms with van der Waals surface area (Å²) in [5.74, 6) is 1.31. The van der Waals surface area contributed by atoms with E-state index < -0.39 is 0 Å². The monoisotopic (exact) mass is 298 g/mol. The van der Waals surface area contributed by atoms with Crippen molar-refractivity contribution in [3.8, 4) is 11.5 Å². The van der Waals surface area contributed by atoms with Gasteiger partial charge in [0.05, 0.1) is 14.2 Å². The Kier molecular flexibility index (Phi) is 6.16. The lowest BCUT2D eigenvalue weighted by atomic mass is 10.2. The van der Waals surface area contributed by atoms with Gasteiger partial charge in [0, 0.05) is 20.6 Å². The second kappa shape index (κ2) is 7.40. The standard InChI is InChI=1S/C14H22N2O3S/c1-15(2)9-10-7-11(18-5)13(12(8-10)19-6)20-14(17)16(3)4/h7-8H,9H2,1-6H3. The van der Waals surface area contributed by atoms with E-state index in [0.29, 0.717) is 16.4 Å². The number of methoxy groups -OCH3 is 2. The molecular weight excluding hydrogens is 276 g/mol. The molecule has 0 aliphatic heterocycles. The summed E-state index contributed by atoms with van der Waals surface area (Å²) in [5, 5.41) is -0.0676. The molecule has 0 unspecified atom stereocenters. The molecule has 0 fully saturated rings. The number of hydrogen-bond donors (Lipinski definition) is 0. The molecule has 0 N–H and O–H groups in total. The minimum absolute atomic E-state index is 0.0676. The van der Waals surface area contributed by atoms with Crippen LogP contribution in [-0.4, -0.2) is 57.4 Å². The van der Waals surface area contributed by atoms with Crippen molar-refractivity contribution in [1.82, 2.24) is 9.80 Å². The molecule has 0 spiro atoms. The number of benzene rings is 1. The molecule has 0 saturated heterocycles. The van der Waals surface area contributed by atoms with Crippen LogP contribution in [0.15, 0.2) is 17.0 Å². The Balaban J connectivity index is 3.18. The molecule has 0 aliphatic rings. The maximum atomic E-state index is 11.9. The molecule has 0 atom stereocenters. The smallest absolute Gasteiger partial charge is 0.286 e. The molecule has 1 aromatic rings. The quantitative estimate of drug-likeness (QED) is 0.782. The van der Waals surface area contributed by atoms with Crippen molar-refractivity contribution in [3.63, 3.8) is 0 Å². The molecule has 0 heterocycles. The van der Waals surface area contributed by atoms with Crippen LogP contribution < -0.4 is 9.47 Å². The van der Waals surface area contributed by atoms with Crippen LogP contribution in [0.1, 0.15) is 5.56 Å². The van der Waals surface area contributed by atoms with E-state index in [1.54, 1.807) is 28.3 Å². The van der Waals surface area contributed by atoms with Crippen LogP contribution in [0.2, 0.25) is 0 Å². The Hall–Kier alpha value is -1.40. The van der Waals surface area contributed by atoms with Crippen LogP contribution in [0, 0.1) is 0 Å². The van der Waals surface area contributed by atoms with Gasteiger partial charge in [0.2, 0.25) is 0 Å². The number of carbonyl (C=O) groups excluding carboxylic acids is 1. The highest BCUT2D eigenvalue weighted by Crippen LogP contribution is 2.40. The second-order valence-electron chi connectivity index (χ2n) is 4.83. The third kappa shape index (κ3) is 4.31. The zero-order valence-corrected chi connectivity index (χ0v) is 13.7. The highest BCUT2D eigenvalue weighted by molar-refractivity contribution is 8.13. The van der Waals surface area contributed by atoms with E-state index in [-0.39, 0.29) is 5.24 Å². The van der Waals surface area contributed by atoms with Gasteiger partial charge in [-0.15, -0.1) is 0 Å². The van der Waals surface area contributed by atoms with E-state index >= 15 is 0 Å². The molecular formula is C14H22N2O3S. The molecule has 1 rings (SSSR count). The maximum absolute atomic E-state index is 11.9. The van der Waals surface area contributed by atoms with E-state index in [9.17, 15) is 4.79 Å². The van der Waals surface area contributed by atoms with Crippen LogP contribution in [0.5, 0.6) is 11.5 Å². The van der Waals surface area contributed by atoms with Gasteiger partial charge in [-0.1, -0.05) is 0 Å². The van der Waals surface area contributed by atoms with Gasteiger partial charge in [0.15, 0.2) is 0 Å². The summed E-state index contributed by atoms with van der Waals surface area (Å²) in [5.41, 5.74) is 1.07. The van der Waals surface area contributed by atoms with Crippen LogP contribution >= 0.6 is 11.8 Å². The van der Waals surface area contributed by atoms with Gasteiger partial charge < -0.3 is 19.3 Å². The lowest BCUT2D eigenvalue weighted by Gasteiger charge is -2.17. The molecule has 112 valence electrons. The van der Waals surface area contributed by atoms with Crippen molar-refractivity contribution in [1.29, 1.82) is 0 Å². The van der Waals surface area contributed by atoms with E-state index in [2.05, 4.69) is 4.90 Å². The Morgan fingerprint density at radius 1 is 1.10 bits per heavy atom. The van der Waals surface area contributed by atoms with Gasteiger partial charge in [-0.3, -0.25) is 4.79 Å². The maximum Gasteiger partial charge on any atom is 0.286 e. The van der Waals surface area contributed by atoms with Crippen LogP contribution in [0.25, 0.3) is 0 Å². The lowest BCUT2D eigenvalue weighted by molar-refractivity contribution is 0.241. The van der Waals surface area contributed by atoms with Crippen molar-refractivity contribution < 1.29 is 14.3 Å². The van der Waals surface area contributed by atoms with E-state index in [4.69, 9.17) is 9.47 Å². The van der Waals surface area contributed by atoms with Crippen molar-refractivity contribution in [2.45, 2.75) is 11.4 Å². The summed E-state index contributed by atoms with van der Waals surface area (Å²) >= 11 is 1.11. The third-order valence-corrected chi connectivity index (χ3v) is 3.72. The van der Waals surface area contributed by atoms with E-state index in [1.165, 1.54) is 4.90 Å². The number of thioether (sulfide) groups is 1. The molecule has 20 heavy (non-hydrogen) atoms. The summed E-state index contributed by atoms with van der Waals surface area (Å²) in [6.45, 7) is 0.777. The molecule has 5 nitrogen and oxygen atoms in total. The summed E-state index contributed by atoms with van der Waals surface area (Å²) in [6, 6.07) is 3.88. The first-order chi connectivity index (χ1) is 9.38. The third-order valence-electron chi connectivity index (χ3n) is 2.57. The summed E-state index contributed by atoms with van der Waals surface area (Å²) in [6.07, 6.45) is 0. The van der Waals surface area contributed by atoms with Crippen molar-refractivity contribution in [2.24, 2.45) is 0 Å². The Labute approximate surface area is 124 Å². The summed E-state index contributed by atoms with van der Waals surface area (Å²) in [4.78, 5) is 16.2. The molecule has 1 aromatic carbocycles. The Morgan fingerprint density at radius 3 is 1.95 bits per heavy atom. The van der Waals surface area contributed by atoms with Crippen molar-refractivity contribution in [3.05, 3.63) is 17.7 Å². The van der Waals surface area contributed by atoms with E-state index in [1.807, 2.05) is 26.2 Å². The topological polar surface area (TPSA) is 42.0 Å². The van der Waals surface area contributed by atoms with Gasteiger partial charge in [0.1, 0.15) is 16.4 Å². The second-order valence-corrected chi connectivity index (χ2v) is 5.79. The molecule has 0 saturated carbocycles. The number of hydrogen-bond acceptors (Lipinski definition) is 5. The van der Waals surface area contributed by atoms with Gasteiger partial charge in [0.25, 0.3) is 5.24 Å². The fraction of sp³-hybridized carbons (Fsp3) is 0.500. The molecule has 0 radical (unpaired) electrons. The SMILES string of the molecule is COc1cc(CN(C)C)cc(OC)c1SC(=O)N(C)C. The average Bonchev–Trinajstić information content (AvgIpc) is 2.38. The fourth-order valence-corrected chi connectivity index (χ4v) is 2.51. The fourth-order valence-electron chi connectivity index (χ4n) is 1.67. The molecule has 1 amide bonds. The summed E-state index contributed by atoms with van der Waals surface area (Å²) in [7, 11) is 10.6. The molecule has 0 aromatic heterocycles. The van der Waals surface area contributed by atoms with E-state index in [0.717, 1.165) is 23.9 Å². The van der Waals surface area contributed by atoms with Gasteiger partial charge in [-0.05, 0) is 43.6 Å². The minimum atomic E-state index is -0.0676. The predicted octanol–water partition coefficient (Wildman–Crippen LogP) is 2.54. The molecule has 0 aliphatic carbocycles. The van der Waals surface area contributed by atoms with Gasteiger partial charge in [-0.25, -0.2) is 0 Å². The molecule has 0 bridgehead atoms.